The summed E-state index contributed by atoms with van der Waals surface area (Å²) in [5, 5.41) is 9.57. The molecule has 0 bridgehead atoms. The first-order chi connectivity index (χ1) is 11.2. The fourth-order valence-electron chi connectivity index (χ4n) is 3.92. The SMILES string of the molecule is CCCCCCCCc1ccc(C[C@H]2CCC[C@]2(N)CO)cc1. The predicted octanol–water partition coefficient (Wildman–Crippen LogP) is 4.62. The third kappa shape index (κ3) is 5.61. The molecular weight excluding hydrogens is 282 g/mol. The van der Waals surface area contributed by atoms with Gasteiger partial charge in [0.2, 0.25) is 0 Å². The van der Waals surface area contributed by atoms with Crippen molar-refractivity contribution >= 4 is 0 Å². The number of nitrogens with two attached hydrogens (primary N) is 1. The zero-order valence-electron chi connectivity index (χ0n) is 14.9. The lowest BCUT2D eigenvalue weighted by atomic mass is 9.84. The van der Waals surface area contributed by atoms with E-state index in [0.717, 1.165) is 25.7 Å². The highest BCUT2D eigenvalue weighted by atomic mass is 16.3. The van der Waals surface area contributed by atoms with E-state index in [1.807, 2.05) is 0 Å². The Balaban J connectivity index is 1.74. The van der Waals surface area contributed by atoms with E-state index in [1.54, 1.807) is 0 Å². The molecule has 23 heavy (non-hydrogen) atoms. The number of rotatable bonds is 10. The second kappa shape index (κ2) is 9.44. The number of aryl methyl sites for hydroxylation is 1. The lowest BCUT2D eigenvalue weighted by Gasteiger charge is -2.29. The van der Waals surface area contributed by atoms with Crippen LogP contribution in [0.25, 0.3) is 0 Å². The van der Waals surface area contributed by atoms with Gasteiger partial charge in [-0.25, -0.2) is 0 Å². The molecule has 0 saturated heterocycles. The van der Waals surface area contributed by atoms with Gasteiger partial charge in [0.25, 0.3) is 0 Å². The molecule has 2 nitrogen and oxygen atoms in total. The highest BCUT2D eigenvalue weighted by Gasteiger charge is 2.38. The molecule has 1 fully saturated rings. The Morgan fingerprint density at radius 2 is 1.70 bits per heavy atom. The zero-order valence-corrected chi connectivity index (χ0v) is 14.9. The molecule has 1 aliphatic carbocycles. The molecule has 130 valence electrons. The van der Waals surface area contributed by atoms with Crippen LogP contribution in [0.5, 0.6) is 0 Å². The van der Waals surface area contributed by atoms with E-state index in [-0.39, 0.29) is 12.1 Å². The third-order valence-electron chi connectivity index (χ3n) is 5.63. The fourth-order valence-corrected chi connectivity index (χ4v) is 3.92. The number of aliphatic hydroxyl groups is 1. The molecule has 0 aromatic heterocycles. The Kier molecular flexibility index (Phi) is 7.58. The lowest BCUT2D eigenvalue weighted by Crippen LogP contribution is -2.47. The van der Waals surface area contributed by atoms with Gasteiger partial charge in [0.05, 0.1) is 6.61 Å². The van der Waals surface area contributed by atoms with Crippen molar-refractivity contribution in [3.8, 4) is 0 Å². The van der Waals surface area contributed by atoms with Crippen molar-refractivity contribution in [3.05, 3.63) is 35.4 Å². The number of aliphatic hydroxyl groups excluding tert-OH is 1. The minimum atomic E-state index is -0.350. The van der Waals surface area contributed by atoms with Crippen molar-refractivity contribution in [2.45, 2.75) is 83.1 Å². The van der Waals surface area contributed by atoms with Crippen molar-refractivity contribution in [3.63, 3.8) is 0 Å². The molecule has 0 spiro atoms. The molecule has 0 heterocycles. The van der Waals surface area contributed by atoms with Gasteiger partial charge < -0.3 is 10.8 Å². The Labute approximate surface area is 142 Å². The Morgan fingerprint density at radius 3 is 2.39 bits per heavy atom. The molecule has 0 radical (unpaired) electrons. The van der Waals surface area contributed by atoms with Crippen LogP contribution >= 0.6 is 0 Å². The van der Waals surface area contributed by atoms with E-state index >= 15 is 0 Å². The number of benzene rings is 1. The second-order valence-electron chi connectivity index (χ2n) is 7.52. The van der Waals surface area contributed by atoms with E-state index in [1.165, 1.54) is 56.1 Å². The van der Waals surface area contributed by atoms with E-state index in [4.69, 9.17) is 5.73 Å². The van der Waals surface area contributed by atoms with E-state index in [2.05, 4.69) is 31.2 Å². The molecule has 1 aromatic rings. The van der Waals surface area contributed by atoms with Crippen LogP contribution in [-0.4, -0.2) is 17.3 Å². The van der Waals surface area contributed by atoms with Crippen LogP contribution in [0, 0.1) is 5.92 Å². The van der Waals surface area contributed by atoms with Crippen LogP contribution < -0.4 is 5.73 Å². The van der Waals surface area contributed by atoms with Gasteiger partial charge in [-0.3, -0.25) is 0 Å². The summed E-state index contributed by atoms with van der Waals surface area (Å²) in [6.07, 6.45) is 13.6. The van der Waals surface area contributed by atoms with Gasteiger partial charge in [-0.2, -0.15) is 0 Å². The maximum Gasteiger partial charge on any atom is 0.0614 e. The number of hydrogen-bond donors (Lipinski definition) is 2. The summed E-state index contributed by atoms with van der Waals surface area (Å²) in [5.41, 5.74) is 8.82. The van der Waals surface area contributed by atoms with Gasteiger partial charge in [-0.1, -0.05) is 69.7 Å². The molecule has 1 aliphatic rings. The number of unbranched alkanes of at least 4 members (excludes halogenated alkanes) is 5. The van der Waals surface area contributed by atoms with Gasteiger partial charge in [0.15, 0.2) is 0 Å². The van der Waals surface area contributed by atoms with Gasteiger partial charge >= 0.3 is 0 Å². The molecule has 2 heteroatoms. The second-order valence-corrected chi connectivity index (χ2v) is 7.52. The van der Waals surface area contributed by atoms with Crippen molar-refractivity contribution in [1.82, 2.24) is 0 Å². The first-order valence-electron chi connectivity index (χ1n) is 9.65. The topological polar surface area (TPSA) is 46.2 Å². The van der Waals surface area contributed by atoms with Crippen LogP contribution in [0.15, 0.2) is 24.3 Å². The van der Waals surface area contributed by atoms with Crippen LogP contribution in [0.4, 0.5) is 0 Å². The summed E-state index contributed by atoms with van der Waals surface area (Å²) in [5.74, 6) is 0.428. The van der Waals surface area contributed by atoms with Gasteiger partial charge in [0, 0.05) is 5.54 Å². The molecule has 1 saturated carbocycles. The lowest BCUT2D eigenvalue weighted by molar-refractivity contribution is 0.160. The summed E-state index contributed by atoms with van der Waals surface area (Å²) in [4.78, 5) is 0. The molecule has 1 aromatic carbocycles. The molecule has 0 unspecified atom stereocenters. The van der Waals surface area contributed by atoms with Gasteiger partial charge in [-0.05, 0) is 49.1 Å². The molecule has 2 atom stereocenters. The van der Waals surface area contributed by atoms with Crippen LogP contribution in [-0.2, 0) is 12.8 Å². The molecule has 2 rings (SSSR count). The summed E-state index contributed by atoms with van der Waals surface area (Å²) in [7, 11) is 0. The van der Waals surface area contributed by atoms with Crippen LogP contribution in [0.1, 0.15) is 75.8 Å². The standard InChI is InChI=1S/C21H35NO/c1-2-3-4-5-6-7-9-18-11-13-19(14-12-18)16-20-10-8-15-21(20,22)17-23/h11-14,20,23H,2-10,15-17,22H2,1H3/t20-,21+/m1/s1. The zero-order chi connectivity index (χ0) is 16.5. The third-order valence-corrected chi connectivity index (χ3v) is 5.63. The summed E-state index contributed by atoms with van der Waals surface area (Å²) < 4.78 is 0. The Morgan fingerprint density at radius 1 is 1.04 bits per heavy atom. The van der Waals surface area contributed by atoms with E-state index < -0.39 is 0 Å². The highest BCUT2D eigenvalue weighted by Crippen LogP contribution is 2.35. The Hall–Kier alpha value is -0.860. The van der Waals surface area contributed by atoms with Gasteiger partial charge in [0.1, 0.15) is 0 Å². The highest BCUT2D eigenvalue weighted by molar-refractivity contribution is 5.24. The molecule has 0 aliphatic heterocycles. The summed E-state index contributed by atoms with van der Waals surface area (Å²) in [6.45, 7) is 2.39. The average molecular weight is 318 g/mol. The smallest absolute Gasteiger partial charge is 0.0614 e. The summed E-state index contributed by atoms with van der Waals surface area (Å²) in [6, 6.07) is 9.10. The van der Waals surface area contributed by atoms with Crippen molar-refractivity contribution in [1.29, 1.82) is 0 Å². The molecule has 3 N–H and O–H groups in total. The van der Waals surface area contributed by atoms with Crippen molar-refractivity contribution < 1.29 is 5.11 Å². The minimum absolute atomic E-state index is 0.119. The maximum atomic E-state index is 9.57. The monoisotopic (exact) mass is 317 g/mol. The minimum Gasteiger partial charge on any atom is -0.394 e. The first kappa shape index (κ1) is 18.5. The van der Waals surface area contributed by atoms with E-state index in [0.29, 0.717) is 5.92 Å². The Bertz CT molecular complexity index is 442. The van der Waals surface area contributed by atoms with Crippen LogP contribution in [0.2, 0.25) is 0 Å². The average Bonchev–Trinajstić information content (AvgIpc) is 2.94. The van der Waals surface area contributed by atoms with E-state index in [9.17, 15) is 5.11 Å². The normalized spacial score (nSPS) is 24.2. The molecule has 0 amide bonds. The summed E-state index contributed by atoms with van der Waals surface area (Å²) >= 11 is 0. The largest absolute Gasteiger partial charge is 0.394 e. The van der Waals surface area contributed by atoms with Crippen molar-refractivity contribution in [2.24, 2.45) is 11.7 Å². The quantitative estimate of drug-likeness (QED) is 0.618. The van der Waals surface area contributed by atoms with Crippen LogP contribution in [0.3, 0.4) is 0 Å². The fraction of sp³-hybridized carbons (Fsp3) is 0.714. The number of hydrogen-bond acceptors (Lipinski definition) is 2. The van der Waals surface area contributed by atoms with Gasteiger partial charge in [-0.15, -0.1) is 0 Å². The predicted molar refractivity (Wildman–Crippen MR) is 98.6 cm³/mol. The maximum absolute atomic E-state index is 9.57. The molecular formula is C21H35NO. The van der Waals surface area contributed by atoms with Crippen molar-refractivity contribution in [2.75, 3.05) is 6.61 Å². The first-order valence-corrected chi connectivity index (χ1v) is 9.65.